The molecule has 1 fully saturated rings. The quantitative estimate of drug-likeness (QED) is 0.405. The van der Waals surface area contributed by atoms with Crippen molar-refractivity contribution in [3.63, 3.8) is 0 Å². The van der Waals surface area contributed by atoms with Crippen LogP contribution in [0.2, 0.25) is 0 Å². The van der Waals surface area contributed by atoms with Crippen LogP contribution in [0.25, 0.3) is 0 Å². The summed E-state index contributed by atoms with van der Waals surface area (Å²) in [5.41, 5.74) is 3.61. The Balaban J connectivity index is 1.41. The number of nitrogens with zero attached hydrogens (tertiary/aromatic N) is 6. The Hall–Kier alpha value is -3.55. The average Bonchev–Trinajstić information content (AvgIpc) is 3.34. The molecule has 1 aliphatic heterocycles. The van der Waals surface area contributed by atoms with Gasteiger partial charge in [0.2, 0.25) is 0 Å². The number of tetrazole rings is 1. The van der Waals surface area contributed by atoms with E-state index in [0.717, 1.165) is 49.9 Å². The molecule has 174 valence electrons. The molecule has 0 amide bonds. The van der Waals surface area contributed by atoms with E-state index in [-0.39, 0.29) is 6.04 Å². The molecule has 0 spiro atoms. The Bertz CT molecular complexity index is 1170. The van der Waals surface area contributed by atoms with Gasteiger partial charge in [-0.15, -0.1) is 5.10 Å². The summed E-state index contributed by atoms with van der Waals surface area (Å²) in [4.78, 5) is 4.99. The first-order valence-corrected chi connectivity index (χ1v) is 11.7. The molecule has 0 aliphatic carbocycles. The molecule has 34 heavy (non-hydrogen) atoms. The second-order valence-electron chi connectivity index (χ2n) is 8.62. The summed E-state index contributed by atoms with van der Waals surface area (Å²) in [5, 5.41) is 12.9. The molecule has 1 unspecified atom stereocenters. The van der Waals surface area contributed by atoms with Crippen molar-refractivity contribution in [3.8, 4) is 5.75 Å². The number of rotatable bonds is 8. The average molecular weight is 455 g/mol. The van der Waals surface area contributed by atoms with Gasteiger partial charge in [0, 0.05) is 38.3 Å². The van der Waals surface area contributed by atoms with E-state index in [2.05, 4.69) is 79.9 Å². The van der Waals surface area contributed by atoms with Gasteiger partial charge in [-0.05, 0) is 27.6 Å². The standard InChI is InChI=1S/C27H30N6O/c1-34-25-15-9-8-14-24(25)26(27-28-29-30-33(27)21-23-12-6-3-7-13-23)32-18-16-31(17-19-32)20-22-10-4-2-5-11-22/h2-15,26H,16-21H2,1H3. The van der Waals surface area contributed by atoms with Crippen LogP contribution >= 0.6 is 0 Å². The highest BCUT2D eigenvalue weighted by atomic mass is 16.5. The molecule has 5 rings (SSSR count). The first-order valence-electron chi connectivity index (χ1n) is 11.7. The largest absolute Gasteiger partial charge is 0.496 e. The summed E-state index contributed by atoms with van der Waals surface area (Å²) < 4.78 is 7.68. The Morgan fingerprint density at radius 3 is 2.06 bits per heavy atom. The fourth-order valence-corrected chi connectivity index (χ4v) is 4.69. The van der Waals surface area contributed by atoms with Crippen LogP contribution in [0.1, 0.15) is 28.6 Å². The Morgan fingerprint density at radius 1 is 0.765 bits per heavy atom. The van der Waals surface area contributed by atoms with Crippen LogP contribution in [0.5, 0.6) is 5.75 Å². The highest BCUT2D eigenvalue weighted by Gasteiger charge is 2.32. The zero-order chi connectivity index (χ0) is 23.2. The summed E-state index contributed by atoms with van der Waals surface area (Å²) in [6.07, 6.45) is 0. The van der Waals surface area contributed by atoms with E-state index in [4.69, 9.17) is 4.74 Å². The van der Waals surface area contributed by atoms with Crippen LogP contribution in [-0.2, 0) is 13.1 Å². The van der Waals surface area contributed by atoms with Gasteiger partial charge in [0.05, 0.1) is 13.7 Å². The normalized spacial score (nSPS) is 15.8. The molecule has 1 aliphatic rings. The monoisotopic (exact) mass is 454 g/mol. The number of methoxy groups -OCH3 is 1. The van der Waals surface area contributed by atoms with Crippen LogP contribution < -0.4 is 4.74 Å². The van der Waals surface area contributed by atoms with Gasteiger partial charge in [-0.1, -0.05) is 78.9 Å². The van der Waals surface area contributed by atoms with Crippen molar-refractivity contribution < 1.29 is 4.74 Å². The van der Waals surface area contributed by atoms with E-state index in [1.807, 2.05) is 35.0 Å². The van der Waals surface area contributed by atoms with E-state index in [9.17, 15) is 0 Å². The number of aromatic nitrogens is 4. The van der Waals surface area contributed by atoms with Gasteiger partial charge < -0.3 is 4.74 Å². The lowest BCUT2D eigenvalue weighted by Crippen LogP contribution is -2.48. The summed E-state index contributed by atoms with van der Waals surface area (Å²) in [6.45, 7) is 5.42. The number of ether oxygens (including phenoxy) is 1. The lowest BCUT2D eigenvalue weighted by molar-refractivity contribution is 0.0993. The Labute approximate surface area is 200 Å². The van der Waals surface area contributed by atoms with Crippen molar-refractivity contribution >= 4 is 0 Å². The van der Waals surface area contributed by atoms with Crippen molar-refractivity contribution in [2.75, 3.05) is 33.3 Å². The zero-order valence-electron chi connectivity index (χ0n) is 19.5. The van der Waals surface area contributed by atoms with Crippen molar-refractivity contribution in [1.82, 2.24) is 30.0 Å². The van der Waals surface area contributed by atoms with Gasteiger partial charge in [0.15, 0.2) is 5.82 Å². The second-order valence-corrected chi connectivity index (χ2v) is 8.62. The van der Waals surface area contributed by atoms with Gasteiger partial charge >= 0.3 is 0 Å². The second kappa shape index (κ2) is 10.6. The van der Waals surface area contributed by atoms with E-state index < -0.39 is 0 Å². The molecular formula is C27H30N6O. The molecule has 2 heterocycles. The minimum absolute atomic E-state index is 0.0891. The van der Waals surface area contributed by atoms with E-state index in [0.29, 0.717) is 6.54 Å². The predicted molar refractivity (Wildman–Crippen MR) is 131 cm³/mol. The van der Waals surface area contributed by atoms with Crippen molar-refractivity contribution in [3.05, 3.63) is 107 Å². The van der Waals surface area contributed by atoms with Gasteiger partial charge in [-0.3, -0.25) is 9.80 Å². The minimum atomic E-state index is -0.0891. The third kappa shape index (κ3) is 5.00. The molecular weight excluding hydrogens is 424 g/mol. The van der Waals surface area contributed by atoms with Crippen molar-refractivity contribution in [2.24, 2.45) is 0 Å². The maximum atomic E-state index is 5.76. The van der Waals surface area contributed by atoms with Crippen LogP contribution in [0.15, 0.2) is 84.9 Å². The van der Waals surface area contributed by atoms with Crippen LogP contribution in [0.3, 0.4) is 0 Å². The molecule has 0 radical (unpaired) electrons. The maximum Gasteiger partial charge on any atom is 0.173 e. The first-order chi connectivity index (χ1) is 16.8. The van der Waals surface area contributed by atoms with Crippen LogP contribution in [0, 0.1) is 0 Å². The molecule has 0 N–H and O–H groups in total. The highest BCUT2D eigenvalue weighted by Crippen LogP contribution is 2.34. The number of benzene rings is 3. The number of para-hydroxylation sites is 1. The highest BCUT2D eigenvalue weighted by molar-refractivity contribution is 5.39. The predicted octanol–water partition coefficient (Wildman–Crippen LogP) is 3.64. The van der Waals surface area contributed by atoms with Crippen LogP contribution in [0.4, 0.5) is 0 Å². The smallest absolute Gasteiger partial charge is 0.173 e. The fraction of sp³-hybridized carbons (Fsp3) is 0.296. The molecule has 3 aromatic carbocycles. The molecule has 7 nitrogen and oxygen atoms in total. The lowest BCUT2D eigenvalue weighted by atomic mass is 10.0. The van der Waals surface area contributed by atoms with Gasteiger partial charge in [-0.25, -0.2) is 4.68 Å². The third-order valence-electron chi connectivity index (χ3n) is 6.43. The molecule has 1 atom stereocenters. The Morgan fingerprint density at radius 2 is 1.38 bits per heavy atom. The van der Waals surface area contributed by atoms with E-state index in [1.54, 1.807) is 7.11 Å². The molecule has 7 heteroatoms. The van der Waals surface area contributed by atoms with Crippen molar-refractivity contribution in [1.29, 1.82) is 0 Å². The summed E-state index contributed by atoms with van der Waals surface area (Å²) in [6, 6.07) is 29.1. The molecule has 0 saturated carbocycles. The maximum absolute atomic E-state index is 5.76. The van der Waals surface area contributed by atoms with E-state index in [1.165, 1.54) is 11.1 Å². The minimum Gasteiger partial charge on any atom is -0.496 e. The number of hydrogen-bond acceptors (Lipinski definition) is 6. The van der Waals surface area contributed by atoms with Gasteiger partial charge in [-0.2, -0.15) is 0 Å². The summed E-state index contributed by atoms with van der Waals surface area (Å²) in [5.74, 6) is 1.69. The first kappa shape index (κ1) is 22.3. The summed E-state index contributed by atoms with van der Waals surface area (Å²) >= 11 is 0. The fourth-order valence-electron chi connectivity index (χ4n) is 4.69. The zero-order valence-corrected chi connectivity index (χ0v) is 19.5. The van der Waals surface area contributed by atoms with Crippen LogP contribution in [-0.4, -0.2) is 63.3 Å². The third-order valence-corrected chi connectivity index (χ3v) is 6.43. The Kier molecular flexibility index (Phi) is 6.93. The lowest BCUT2D eigenvalue weighted by Gasteiger charge is -2.39. The molecule has 1 saturated heterocycles. The van der Waals surface area contributed by atoms with E-state index >= 15 is 0 Å². The van der Waals surface area contributed by atoms with Gasteiger partial charge in [0.25, 0.3) is 0 Å². The molecule has 4 aromatic rings. The molecule has 1 aromatic heterocycles. The summed E-state index contributed by atoms with van der Waals surface area (Å²) in [7, 11) is 1.72. The molecule has 0 bridgehead atoms. The number of piperazine rings is 1. The topological polar surface area (TPSA) is 59.3 Å². The van der Waals surface area contributed by atoms with Gasteiger partial charge in [0.1, 0.15) is 11.8 Å². The number of hydrogen-bond donors (Lipinski definition) is 0. The van der Waals surface area contributed by atoms with Crippen molar-refractivity contribution in [2.45, 2.75) is 19.1 Å². The SMILES string of the molecule is COc1ccccc1C(c1nnnn1Cc1ccccc1)N1CCN(Cc2ccccc2)CC1.